The summed E-state index contributed by atoms with van der Waals surface area (Å²) < 4.78 is 2.10. The van der Waals surface area contributed by atoms with Crippen molar-refractivity contribution in [3.8, 4) is 0 Å². The van der Waals surface area contributed by atoms with Crippen molar-refractivity contribution in [1.29, 1.82) is 0 Å². The molecule has 0 unspecified atom stereocenters. The smallest absolute Gasteiger partial charge is 0.335 e. The lowest BCUT2D eigenvalue weighted by molar-refractivity contribution is 0.0697. The van der Waals surface area contributed by atoms with Gasteiger partial charge in [0.1, 0.15) is 5.82 Å². The molecule has 0 saturated carbocycles. The Morgan fingerprint density at radius 3 is 2.19 bits per heavy atom. The van der Waals surface area contributed by atoms with Crippen LogP contribution in [0.4, 0.5) is 0 Å². The normalized spacial score (nSPS) is 11.5. The van der Waals surface area contributed by atoms with E-state index in [1.165, 1.54) is 11.1 Å². The minimum Gasteiger partial charge on any atom is -0.478 e. The van der Waals surface area contributed by atoms with Crippen molar-refractivity contribution in [3.05, 3.63) is 89.0 Å². The number of carboxylic acids is 1. The molecule has 0 aliphatic heterocycles. The molecule has 26 heavy (non-hydrogen) atoms. The fourth-order valence-electron chi connectivity index (χ4n) is 2.91. The van der Waals surface area contributed by atoms with Gasteiger partial charge in [-0.3, -0.25) is 0 Å². The predicted molar refractivity (Wildman–Crippen MR) is 103 cm³/mol. The molecule has 0 aliphatic carbocycles. The molecule has 1 aromatic heterocycles. The fraction of sp³-hybridized carbons (Fsp3) is 0.273. The molecule has 3 aromatic rings. The molecule has 0 aliphatic rings. The van der Waals surface area contributed by atoms with Crippen LogP contribution in [0.2, 0.25) is 0 Å². The fourth-order valence-corrected chi connectivity index (χ4v) is 2.91. The van der Waals surface area contributed by atoms with E-state index in [0.29, 0.717) is 12.1 Å². The van der Waals surface area contributed by atoms with Crippen molar-refractivity contribution in [2.45, 2.75) is 39.2 Å². The van der Waals surface area contributed by atoms with Crippen LogP contribution in [0.5, 0.6) is 0 Å². The lowest BCUT2D eigenvalue weighted by Gasteiger charge is -2.19. The average molecular weight is 348 g/mol. The van der Waals surface area contributed by atoms with E-state index in [0.717, 1.165) is 17.8 Å². The minimum absolute atomic E-state index is 0.152. The molecule has 0 amide bonds. The number of carboxylic acid groups (broad SMARTS) is 1. The number of aromatic nitrogens is 2. The van der Waals surface area contributed by atoms with Crippen LogP contribution >= 0.6 is 0 Å². The van der Waals surface area contributed by atoms with Gasteiger partial charge in [-0.15, -0.1) is 0 Å². The third-order valence-electron chi connectivity index (χ3n) is 4.54. The first kappa shape index (κ1) is 17.9. The van der Waals surface area contributed by atoms with Crippen molar-refractivity contribution in [2.75, 3.05) is 0 Å². The first-order chi connectivity index (χ1) is 12.3. The lowest BCUT2D eigenvalue weighted by atomic mass is 9.86. The van der Waals surface area contributed by atoms with Gasteiger partial charge in [0.25, 0.3) is 0 Å². The third-order valence-corrected chi connectivity index (χ3v) is 4.54. The van der Waals surface area contributed by atoms with E-state index >= 15 is 0 Å². The van der Waals surface area contributed by atoms with Gasteiger partial charge in [0, 0.05) is 25.4 Å². The summed E-state index contributed by atoms with van der Waals surface area (Å²) >= 11 is 0. The number of benzene rings is 2. The molecule has 4 nitrogen and oxygen atoms in total. The van der Waals surface area contributed by atoms with Gasteiger partial charge >= 0.3 is 5.97 Å². The molecule has 1 heterocycles. The molecule has 0 spiro atoms. The van der Waals surface area contributed by atoms with Gasteiger partial charge in [-0.1, -0.05) is 57.2 Å². The van der Waals surface area contributed by atoms with Crippen LogP contribution in [0.15, 0.2) is 60.9 Å². The monoisotopic (exact) mass is 348 g/mol. The van der Waals surface area contributed by atoms with Crippen molar-refractivity contribution in [3.63, 3.8) is 0 Å². The van der Waals surface area contributed by atoms with Crippen LogP contribution in [0.3, 0.4) is 0 Å². The van der Waals surface area contributed by atoms with Gasteiger partial charge in [-0.2, -0.15) is 0 Å². The highest BCUT2D eigenvalue weighted by Gasteiger charge is 2.13. The van der Waals surface area contributed by atoms with E-state index in [-0.39, 0.29) is 5.41 Å². The van der Waals surface area contributed by atoms with Crippen molar-refractivity contribution in [1.82, 2.24) is 9.55 Å². The van der Waals surface area contributed by atoms with Crippen LogP contribution < -0.4 is 0 Å². The molecule has 0 radical (unpaired) electrons. The summed E-state index contributed by atoms with van der Waals surface area (Å²) in [7, 11) is 0. The first-order valence-electron chi connectivity index (χ1n) is 8.74. The highest BCUT2D eigenvalue weighted by atomic mass is 16.4. The second kappa shape index (κ2) is 7.16. The standard InChI is InChI=1S/C22H24N2O2/c1-22(2,3)19-10-6-16(7-11-19)14-20-23-12-13-24(20)15-17-4-8-18(9-5-17)21(25)26/h4-13H,14-15H2,1-3H3,(H,25,26). The Balaban J connectivity index is 1.73. The maximum atomic E-state index is 11.0. The molecule has 0 fully saturated rings. The summed E-state index contributed by atoms with van der Waals surface area (Å²) in [4.78, 5) is 15.5. The van der Waals surface area contributed by atoms with E-state index in [4.69, 9.17) is 5.11 Å². The highest BCUT2D eigenvalue weighted by molar-refractivity contribution is 5.87. The largest absolute Gasteiger partial charge is 0.478 e. The quantitative estimate of drug-likeness (QED) is 0.738. The molecule has 134 valence electrons. The highest BCUT2D eigenvalue weighted by Crippen LogP contribution is 2.23. The molecule has 0 bridgehead atoms. The van der Waals surface area contributed by atoms with Crippen LogP contribution in [-0.4, -0.2) is 20.6 Å². The molecule has 0 atom stereocenters. The third kappa shape index (κ3) is 4.20. The summed E-state index contributed by atoms with van der Waals surface area (Å²) in [6, 6.07) is 15.7. The Morgan fingerprint density at radius 1 is 1.00 bits per heavy atom. The zero-order chi connectivity index (χ0) is 18.7. The zero-order valence-electron chi connectivity index (χ0n) is 15.4. The van der Waals surface area contributed by atoms with Gasteiger partial charge in [-0.25, -0.2) is 9.78 Å². The second-order valence-electron chi connectivity index (χ2n) is 7.60. The number of nitrogens with zero attached hydrogens (tertiary/aromatic N) is 2. The lowest BCUT2D eigenvalue weighted by Crippen LogP contribution is -2.11. The van der Waals surface area contributed by atoms with Crippen LogP contribution in [-0.2, 0) is 18.4 Å². The Labute approximate surface area is 154 Å². The molecule has 2 aromatic carbocycles. The maximum absolute atomic E-state index is 11.0. The second-order valence-corrected chi connectivity index (χ2v) is 7.60. The predicted octanol–water partition coefficient (Wildman–Crippen LogP) is 4.52. The van der Waals surface area contributed by atoms with Crippen molar-refractivity contribution < 1.29 is 9.90 Å². The maximum Gasteiger partial charge on any atom is 0.335 e. The summed E-state index contributed by atoms with van der Waals surface area (Å²) in [5.74, 6) is 0.0920. The first-order valence-corrected chi connectivity index (χ1v) is 8.74. The van der Waals surface area contributed by atoms with E-state index in [2.05, 4.69) is 54.6 Å². The topological polar surface area (TPSA) is 55.1 Å². The van der Waals surface area contributed by atoms with E-state index < -0.39 is 5.97 Å². The molecular formula is C22H24N2O2. The number of aromatic carboxylic acids is 1. The minimum atomic E-state index is -0.904. The Morgan fingerprint density at radius 2 is 1.62 bits per heavy atom. The van der Waals surface area contributed by atoms with Crippen LogP contribution in [0.1, 0.15) is 53.6 Å². The number of hydrogen-bond donors (Lipinski definition) is 1. The zero-order valence-corrected chi connectivity index (χ0v) is 15.4. The van der Waals surface area contributed by atoms with E-state index in [1.54, 1.807) is 12.1 Å². The number of imidazole rings is 1. The summed E-state index contributed by atoms with van der Waals surface area (Å²) in [6.07, 6.45) is 4.54. The SMILES string of the molecule is CC(C)(C)c1ccc(Cc2nccn2Cc2ccc(C(=O)O)cc2)cc1. The number of hydrogen-bond acceptors (Lipinski definition) is 2. The van der Waals surface area contributed by atoms with Gasteiger partial charge in [-0.05, 0) is 34.2 Å². The summed E-state index contributed by atoms with van der Waals surface area (Å²) in [6.45, 7) is 7.31. The van der Waals surface area contributed by atoms with E-state index in [9.17, 15) is 4.79 Å². The Kier molecular flexibility index (Phi) is 4.94. The molecule has 0 saturated heterocycles. The molecule has 3 rings (SSSR count). The Bertz CT molecular complexity index is 885. The van der Waals surface area contributed by atoms with Gasteiger partial charge in [0.2, 0.25) is 0 Å². The van der Waals surface area contributed by atoms with Crippen molar-refractivity contribution >= 4 is 5.97 Å². The average Bonchev–Trinajstić information content (AvgIpc) is 3.02. The van der Waals surface area contributed by atoms with Crippen LogP contribution in [0, 0.1) is 0 Å². The summed E-state index contributed by atoms with van der Waals surface area (Å²) in [5.41, 5.74) is 4.06. The number of carbonyl (C=O) groups is 1. The van der Waals surface area contributed by atoms with Crippen molar-refractivity contribution in [2.24, 2.45) is 0 Å². The molecular weight excluding hydrogens is 324 g/mol. The van der Waals surface area contributed by atoms with Gasteiger partial charge in [0.05, 0.1) is 5.56 Å². The van der Waals surface area contributed by atoms with E-state index in [1.807, 2.05) is 24.5 Å². The Hall–Kier alpha value is -2.88. The van der Waals surface area contributed by atoms with Gasteiger partial charge < -0.3 is 9.67 Å². The van der Waals surface area contributed by atoms with Gasteiger partial charge in [0.15, 0.2) is 0 Å². The molecule has 1 N–H and O–H groups in total. The molecule has 4 heteroatoms. The summed E-state index contributed by atoms with van der Waals surface area (Å²) in [5, 5.41) is 9.00. The van der Waals surface area contributed by atoms with Crippen LogP contribution in [0.25, 0.3) is 0 Å². The number of rotatable bonds is 5.